The van der Waals surface area contributed by atoms with Crippen LogP contribution in [-0.2, 0) is 9.47 Å². The van der Waals surface area contributed by atoms with E-state index in [2.05, 4.69) is 41.4 Å². The molecule has 56 heavy (non-hydrogen) atoms. The van der Waals surface area contributed by atoms with Gasteiger partial charge in [0.25, 0.3) is 11.8 Å². The van der Waals surface area contributed by atoms with E-state index >= 15 is 0 Å². The van der Waals surface area contributed by atoms with Gasteiger partial charge < -0.3 is 35.5 Å². The first-order valence-electron chi connectivity index (χ1n) is 18.2. The second-order valence-corrected chi connectivity index (χ2v) is 13.1. The molecule has 0 radical (unpaired) electrons. The summed E-state index contributed by atoms with van der Waals surface area (Å²) in [7, 11) is 0. The Labute approximate surface area is 328 Å². The number of ether oxygens (including phenoxy) is 3. The van der Waals surface area contributed by atoms with Crippen molar-refractivity contribution in [2.24, 2.45) is 0 Å². The minimum atomic E-state index is -0.236. The van der Waals surface area contributed by atoms with Gasteiger partial charge in [0.2, 0.25) is 5.88 Å². The Morgan fingerprint density at radius 3 is 1.91 bits per heavy atom. The predicted octanol–water partition coefficient (Wildman–Crippen LogP) is 5.41. The average molecular weight is 777 g/mol. The smallest absolute Gasteiger partial charge is 0.258 e. The fourth-order valence-corrected chi connectivity index (χ4v) is 6.14. The van der Waals surface area contributed by atoms with Crippen LogP contribution in [0.1, 0.15) is 51.0 Å². The Bertz CT molecular complexity index is 2220. The lowest BCUT2D eigenvalue weighted by Gasteiger charge is -2.24. The molecule has 4 aromatic heterocycles. The lowest BCUT2D eigenvalue weighted by molar-refractivity contribution is 0.0276. The topological polar surface area (TPSA) is 171 Å². The molecule has 2 saturated heterocycles. The van der Waals surface area contributed by atoms with Crippen molar-refractivity contribution < 1.29 is 23.8 Å². The number of carbonyl (C=O) groups is 2. The number of hydrogen-bond acceptors (Lipinski definition) is 11. The molecule has 0 spiro atoms. The quantitative estimate of drug-likeness (QED) is 0.131. The summed E-state index contributed by atoms with van der Waals surface area (Å²) in [6, 6.07) is 24.2. The van der Waals surface area contributed by atoms with Gasteiger partial charge in [0, 0.05) is 68.3 Å². The zero-order chi connectivity index (χ0) is 38.7. The molecule has 8 rings (SSSR count). The van der Waals surface area contributed by atoms with Gasteiger partial charge in [0.15, 0.2) is 5.82 Å². The lowest BCUT2D eigenvalue weighted by atomic mass is 10.1. The molecule has 6 aromatic rings. The summed E-state index contributed by atoms with van der Waals surface area (Å²) in [6.07, 6.45) is 8.01. The molecule has 6 heterocycles. The third-order valence-corrected chi connectivity index (χ3v) is 9.04. The van der Waals surface area contributed by atoms with Crippen LogP contribution in [0.4, 0.5) is 11.4 Å². The van der Waals surface area contributed by atoms with Crippen LogP contribution < -0.4 is 26.0 Å². The molecule has 4 N–H and O–H groups in total. The number of halogens is 1. The summed E-state index contributed by atoms with van der Waals surface area (Å²) in [6.45, 7) is 7.19. The third kappa shape index (κ3) is 10.0. The summed E-state index contributed by atoms with van der Waals surface area (Å²) in [5, 5.41) is 21.2. The van der Waals surface area contributed by atoms with Gasteiger partial charge in [-0.05, 0) is 54.4 Å². The molecule has 16 heteroatoms. The Hall–Kier alpha value is -5.97. The van der Waals surface area contributed by atoms with E-state index in [1.165, 1.54) is 12.4 Å². The molecule has 2 atom stereocenters. The van der Waals surface area contributed by atoms with E-state index in [4.69, 9.17) is 25.8 Å². The number of morpholine rings is 2. The number of nitrogens with zero attached hydrogens (tertiary/aromatic N) is 6. The lowest BCUT2D eigenvalue weighted by Crippen LogP contribution is -2.33. The van der Waals surface area contributed by atoms with E-state index in [0.717, 1.165) is 43.0 Å². The number of rotatable bonds is 10. The zero-order valence-corrected chi connectivity index (χ0v) is 31.4. The molecule has 0 aliphatic carbocycles. The molecule has 288 valence electrons. The number of amides is 2. The molecule has 2 aliphatic rings. The summed E-state index contributed by atoms with van der Waals surface area (Å²) >= 11 is 5.90. The molecular weight excluding hydrogens is 736 g/mol. The molecule has 2 amide bonds. The molecule has 0 bridgehead atoms. The van der Waals surface area contributed by atoms with Crippen molar-refractivity contribution in [2.45, 2.75) is 19.1 Å². The maximum atomic E-state index is 12.6. The number of benzene rings is 2. The van der Waals surface area contributed by atoms with Gasteiger partial charge in [0.1, 0.15) is 5.15 Å². The van der Waals surface area contributed by atoms with Crippen LogP contribution in [0.15, 0.2) is 110 Å². The minimum absolute atomic E-state index is 0.0479. The van der Waals surface area contributed by atoms with Crippen molar-refractivity contribution in [1.82, 2.24) is 40.2 Å². The molecule has 0 saturated carbocycles. The fraction of sp³-hybridized carbons (Fsp3) is 0.250. The van der Waals surface area contributed by atoms with Crippen LogP contribution in [-0.4, -0.2) is 87.3 Å². The first-order valence-corrected chi connectivity index (χ1v) is 18.6. The molecule has 15 nitrogen and oxygen atoms in total. The average Bonchev–Trinajstić information content (AvgIpc) is 3.95. The predicted molar refractivity (Wildman–Crippen MR) is 211 cm³/mol. The van der Waals surface area contributed by atoms with Gasteiger partial charge in [-0.3, -0.25) is 9.59 Å². The van der Waals surface area contributed by atoms with Crippen molar-refractivity contribution in [2.75, 3.05) is 56.6 Å². The van der Waals surface area contributed by atoms with Gasteiger partial charge in [-0.2, -0.15) is 15.2 Å². The zero-order valence-electron chi connectivity index (χ0n) is 30.6. The van der Waals surface area contributed by atoms with Crippen LogP contribution in [0.2, 0.25) is 5.15 Å². The van der Waals surface area contributed by atoms with Crippen LogP contribution in [0, 0.1) is 0 Å². The fourth-order valence-electron chi connectivity index (χ4n) is 5.97. The first kappa shape index (κ1) is 38.3. The number of carbonyl (C=O) groups excluding carboxylic acids is 2. The second kappa shape index (κ2) is 18.6. The van der Waals surface area contributed by atoms with Crippen LogP contribution in [0.3, 0.4) is 0 Å². The van der Waals surface area contributed by atoms with Crippen molar-refractivity contribution in [3.63, 3.8) is 0 Å². The maximum Gasteiger partial charge on any atom is 0.258 e. The second-order valence-electron chi connectivity index (χ2n) is 12.7. The highest BCUT2D eigenvalue weighted by Gasteiger charge is 2.18. The minimum Gasteiger partial charge on any atom is -0.478 e. The van der Waals surface area contributed by atoms with E-state index in [1.807, 2.05) is 61.5 Å². The highest BCUT2D eigenvalue weighted by molar-refractivity contribution is 6.29. The summed E-state index contributed by atoms with van der Waals surface area (Å²) in [5.41, 5.74) is 5.23. The van der Waals surface area contributed by atoms with Crippen molar-refractivity contribution in [3.05, 3.63) is 137 Å². The summed E-state index contributed by atoms with van der Waals surface area (Å²) in [5.74, 6) is 0.634. The largest absolute Gasteiger partial charge is 0.478 e. The molecule has 2 aliphatic heterocycles. The monoisotopic (exact) mass is 776 g/mol. The Balaban J connectivity index is 0.000000172. The van der Waals surface area contributed by atoms with Gasteiger partial charge >= 0.3 is 0 Å². The number of anilines is 2. The van der Waals surface area contributed by atoms with Crippen molar-refractivity contribution in [1.29, 1.82) is 0 Å². The van der Waals surface area contributed by atoms with Gasteiger partial charge in [0.05, 0.1) is 61.2 Å². The highest BCUT2D eigenvalue weighted by Crippen LogP contribution is 2.23. The Kier molecular flexibility index (Phi) is 12.7. The van der Waals surface area contributed by atoms with Crippen LogP contribution in [0.5, 0.6) is 5.88 Å². The Morgan fingerprint density at radius 2 is 1.38 bits per heavy atom. The summed E-state index contributed by atoms with van der Waals surface area (Å²) in [4.78, 5) is 33.4. The third-order valence-electron chi connectivity index (χ3n) is 8.84. The standard InChI is InChI=1S/C21H23N5O3.C19H18ClN5O2/c1-2-28-20-5-3-4-19(25-20)26-14-16(12-23-26)21(27)24-17-8-6-15(7-9-17)18-13-22-10-11-29-18;20-18-9-16(5-6-22-18)25-12-14(10-23-25)19(26)24-15-3-1-13(2-4-15)17-11-21-7-8-27-17/h3-9,12,14,18,22H,2,10-11,13H2,1H3,(H,24,27);1-6,9-10,12,17,21H,7-8,11H2,(H,24,26)/t18-;17-/m11/s1. The SMILES string of the molecule is CCOc1cccc(-n2cc(C(=O)Nc3ccc([C@H]4CNCCO4)cc3)cn2)n1.O=C(Nc1ccc([C@H]2CNCCO2)cc1)c1cnn(-c2ccnc(Cl)c2)c1. The normalized spacial score (nSPS) is 16.6. The summed E-state index contributed by atoms with van der Waals surface area (Å²) < 4.78 is 20.0. The van der Waals surface area contributed by atoms with Gasteiger partial charge in [-0.1, -0.05) is 41.9 Å². The van der Waals surface area contributed by atoms with Gasteiger partial charge in [-0.25, -0.2) is 14.3 Å². The molecular formula is C40H41ClN10O5. The van der Waals surface area contributed by atoms with E-state index in [-0.39, 0.29) is 24.0 Å². The van der Waals surface area contributed by atoms with Gasteiger partial charge in [-0.15, -0.1) is 0 Å². The van der Waals surface area contributed by atoms with Crippen LogP contribution in [0.25, 0.3) is 11.5 Å². The number of nitrogens with one attached hydrogen (secondary N) is 4. The molecule has 2 aromatic carbocycles. The number of aromatic nitrogens is 6. The van der Waals surface area contributed by atoms with E-state index in [0.29, 0.717) is 59.2 Å². The van der Waals surface area contributed by atoms with Crippen LogP contribution >= 0.6 is 11.6 Å². The molecule has 0 unspecified atom stereocenters. The van der Waals surface area contributed by atoms with E-state index in [1.54, 1.807) is 52.2 Å². The van der Waals surface area contributed by atoms with E-state index in [9.17, 15) is 9.59 Å². The van der Waals surface area contributed by atoms with Crippen molar-refractivity contribution >= 4 is 34.8 Å². The van der Waals surface area contributed by atoms with E-state index < -0.39 is 0 Å². The molecule has 2 fully saturated rings. The maximum absolute atomic E-state index is 12.6. The first-order chi connectivity index (χ1) is 27.4. The highest BCUT2D eigenvalue weighted by atomic mass is 35.5. The van der Waals surface area contributed by atoms with Crippen molar-refractivity contribution in [3.8, 4) is 17.4 Å². The Morgan fingerprint density at radius 1 is 0.804 bits per heavy atom. The number of pyridine rings is 2. The number of hydrogen-bond donors (Lipinski definition) is 4.